The first-order valence-electron chi connectivity index (χ1n) is 5.92. The van der Waals surface area contributed by atoms with Crippen LogP contribution in [0, 0.1) is 17.8 Å². The van der Waals surface area contributed by atoms with E-state index in [1.807, 2.05) is 0 Å². The molecule has 0 unspecified atom stereocenters. The normalized spacial score (nSPS) is 20.5. The van der Waals surface area contributed by atoms with Gasteiger partial charge in [-0.3, -0.25) is 0 Å². The second kappa shape index (κ2) is 5.02. The first-order valence-corrected chi connectivity index (χ1v) is 5.92. The molecule has 0 amide bonds. The molecule has 1 aliphatic rings. The average molecular weight is 181 g/mol. The van der Waals surface area contributed by atoms with Crippen LogP contribution in [0.4, 0.5) is 0 Å². The van der Waals surface area contributed by atoms with E-state index in [4.69, 9.17) is 0 Å². The molecule has 0 atom stereocenters. The Balaban J connectivity index is 2.04. The van der Waals surface area contributed by atoms with Crippen molar-refractivity contribution < 1.29 is 0 Å². The molecule has 0 nitrogen and oxygen atoms in total. The minimum atomic E-state index is 0.425. The standard InChI is InChI=1S/C13H25/c1-13(2,3)11-7-10-12-8-5-4-6-9-12/h11-12H,4-10H2,1-3H3. The van der Waals surface area contributed by atoms with Crippen LogP contribution in [0.1, 0.15) is 65.7 Å². The summed E-state index contributed by atoms with van der Waals surface area (Å²) in [6.45, 7) is 6.90. The van der Waals surface area contributed by atoms with Gasteiger partial charge >= 0.3 is 0 Å². The number of hydrogen-bond acceptors (Lipinski definition) is 0. The van der Waals surface area contributed by atoms with Crippen LogP contribution in [0.2, 0.25) is 0 Å². The van der Waals surface area contributed by atoms with Crippen molar-refractivity contribution in [2.45, 2.75) is 65.7 Å². The van der Waals surface area contributed by atoms with Gasteiger partial charge in [0, 0.05) is 0 Å². The lowest BCUT2D eigenvalue weighted by atomic mass is 9.83. The summed E-state index contributed by atoms with van der Waals surface area (Å²) < 4.78 is 0. The van der Waals surface area contributed by atoms with Gasteiger partial charge in [0.15, 0.2) is 0 Å². The van der Waals surface area contributed by atoms with Crippen LogP contribution in [0.15, 0.2) is 0 Å². The summed E-state index contributed by atoms with van der Waals surface area (Å²) >= 11 is 0. The summed E-state index contributed by atoms with van der Waals surface area (Å²) in [4.78, 5) is 0. The fourth-order valence-corrected chi connectivity index (χ4v) is 2.23. The molecule has 0 aromatic rings. The van der Waals surface area contributed by atoms with Crippen LogP contribution in [-0.4, -0.2) is 0 Å². The van der Waals surface area contributed by atoms with Gasteiger partial charge in [0.25, 0.3) is 0 Å². The fourth-order valence-electron chi connectivity index (χ4n) is 2.23. The Morgan fingerprint density at radius 1 is 1.08 bits per heavy atom. The Hall–Kier alpha value is 0. The average Bonchev–Trinajstić information content (AvgIpc) is 2.04. The van der Waals surface area contributed by atoms with Gasteiger partial charge in [0.05, 0.1) is 0 Å². The molecule has 0 N–H and O–H groups in total. The zero-order valence-electron chi connectivity index (χ0n) is 9.60. The maximum absolute atomic E-state index is 2.49. The third-order valence-corrected chi connectivity index (χ3v) is 3.06. The first kappa shape index (κ1) is 11.1. The van der Waals surface area contributed by atoms with E-state index in [2.05, 4.69) is 27.2 Å². The second-order valence-corrected chi connectivity index (χ2v) is 5.65. The summed E-state index contributed by atoms with van der Waals surface area (Å²) in [5.41, 5.74) is 0.425. The molecule has 0 heteroatoms. The highest BCUT2D eigenvalue weighted by molar-refractivity contribution is 4.81. The molecule has 1 radical (unpaired) electrons. The molecule has 0 bridgehead atoms. The highest BCUT2D eigenvalue weighted by Gasteiger charge is 2.15. The largest absolute Gasteiger partial charge is 0.0599 e. The molecule has 0 aromatic carbocycles. The minimum Gasteiger partial charge on any atom is -0.0599 e. The van der Waals surface area contributed by atoms with Crippen molar-refractivity contribution in [3.8, 4) is 0 Å². The van der Waals surface area contributed by atoms with Crippen molar-refractivity contribution in [2.24, 2.45) is 11.3 Å². The molecule has 0 saturated heterocycles. The molecule has 1 aliphatic carbocycles. The Labute approximate surface area is 84.1 Å². The molecule has 13 heavy (non-hydrogen) atoms. The van der Waals surface area contributed by atoms with Gasteiger partial charge in [-0.25, -0.2) is 0 Å². The van der Waals surface area contributed by atoms with E-state index >= 15 is 0 Å². The Morgan fingerprint density at radius 2 is 1.69 bits per heavy atom. The highest BCUT2D eigenvalue weighted by atomic mass is 14.2. The van der Waals surface area contributed by atoms with Gasteiger partial charge in [0.1, 0.15) is 0 Å². The summed E-state index contributed by atoms with van der Waals surface area (Å²) in [5.74, 6) is 1.05. The molecule has 1 saturated carbocycles. The third kappa shape index (κ3) is 5.33. The van der Waals surface area contributed by atoms with Gasteiger partial charge in [-0.05, 0) is 24.2 Å². The smallest absolute Gasteiger partial charge is 0.0332 e. The SMILES string of the molecule is CC(C)(C)[CH]CCC1CCCCC1. The van der Waals surface area contributed by atoms with Crippen molar-refractivity contribution in [1.29, 1.82) is 0 Å². The van der Waals surface area contributed by atoms with Crippen molar-refractivity contribution >= 4 is 0 Å². The molecule has 0 aromatic heterocycles. The van der Waals surface area contributed by atoms with Gasteiger partial charge in [-0.1, -0.05) is 59.3 Å². The van der Waals surface area contributed by atoms with Gasteiger partial charge < -0.3 is 0 Å². The predicted octanol–water partition coefficient (Wildman–Crippen LogP) is 4.60. The highest BCUT2D eigenvalue weighted by Crippen LogP contribution is 2.29. The van der Waals surface area contributed by atoms with E-state index < -0.39 is 0 Å². The van der Waals surface area contributed by atoms with Crippen LogP contribution in [0.3, 0.4) is 0 Å². The Morgan fingerprint density at radius 3 is 2.23 bits per heavy atom. The van der Waals surface area contributed by atoms with Gasteiger partial charge in [-0.15, -0.1) is 0 Å². The topological polar surface area (TPSA) is 0 Å². The van der Waals surface area contributed by atoms with E-state index in [0.717, 1.165) is 5.92 Å². The molecule has 1 rings (SSSR count). The number of hydrogen-bond donors (Lipinski definition) is 0. The molecular formula is C13H25. The van der Waals surface area contributed by atoms with Crippen molar-refractivity contribution in [1.82, 2.24) is 0 Å². The van der Waals surface area contributed by atoms with Crippen LogP contribution in [0.5, 0.6) is 0 Å². The summed E-state index contributed by atoms with van der Waals surface area (Å²) in [6.07, 6.45) is 12.7. The molecule has 0 heterocycles. The molecule has 0 spiro atoms. The summed E-state index contributed by atoms with van der Waals surface area (Å²) in [7, 11) is 0. The molecule has 77 valence electrons. The van der Waals surface area contributed by atoms with E-state index in [9.17, 15) is 0 Å². The zero-order chi connectivity index (χ0) is 9.73. The first-order chi connectivity index (χ1) is 6.08. The van der Waals surface area contributed by atoms with Crippen LogP contribution in [0.25, 0.3) is 0 Å². The lowest BCUT2D eigenvalue weighted by molar-refractivity contribution is 0.328. The van der Waals surface area contributed by atoms with Gasteiger partial charge in [-0.2, -0.15) is 0 Å². The van der Waals surface area contributed by atoms with E-state index in [1.165, 1.54) is 44.9 Å². The van der Waals surface area contributed by atoms with Crippen molar-refractivity contribution in [2.75, 3.05) is 0 Å². The van der Waals surface area contributed by atoms with Crippen molar-refractivity contribution in [3.05, 3.63) is 6.42 Å². The quantitative estimate of drug-likeness (QED) is 0.597. The summed E-state index contributed by atoms with van der Waals surface area (Å²) in [5, 5.41) is 0. The third-order valence-electron chi connectivity index (χ3n) is 3.06. The van der Waals surface area contributed by atoms with Crippen LogP contribution in [-0.2, 0) is 0 Å². The van der Waals surface area contributed by atoms with Gasteiger partial charge in [0.2, 0.25) is 0 Å². The number of rotatable bonds is 3. The minimum absolute atomic E-state index is 0.425. The monoisotopic (exact) mass is 181 g/mol. The fraction of sp³-hybridized carbons (Fsp3) is 0.923. The van der Waals surface area contributed by atoms with E-state index in [1.54, 1.807) is 0 Å². The zero-order valence-corrected chi connectivity index (χ0v) is 9.60. The lowest BCUT2D eigenvalue weighted by Gasteiger charge is -2.23. The van der Waals surface area contributed by atoms with Crippen molar-refractivity contribution in [3.63, 3.8) is 0 Å². The van der Waals surface area contributed by atoms with Crippen LogP contribution >= 0.6 is 0 Å². The van der Waals surface area contributed by atoms with E-state index in [-0.39, 0.29) is 0 Å². The van der Waals surface area contributed by atoms with E-state index in [0.29, 0.717) is 5.41 Å². The molecule has 0 aliphatic heterocycles. The Kier molecular flexibility index (Phi) is 4.28. The molecule has 1 fully saturated rings. The maximum Gasteiger partial charge on any atom is -0.0332 e. The Bertz CT molecular complexity index is 123. The predicted molar refractivity (Wildman–Crippen MR) is 59.6 cm³/mol. The lowest BCUT2D eigenvalue weighted by Crippen LogP contribution is -2.10. The van der Waals surface area contributed by atoms with Crippen LogP contribution < -0.4 is 0 Å². The maximum atomic E-state index is 2.49. The molecular weight excluding hydrogens is 156 g/mol. The summed E-state index contributed by atoms with van der Waals surface area (Å²) in [6, 6.07) is 0. The second-order valence-electron chi connectivity index (χ2n) is 5.65.